The van der Waals surface area contributed by atoms with Crippen LogP contribution in [0.2, 0.25) is 10.0 Å². The van der Waals surface area contributed by atoms with E-state index in [9.17, 15) is 14.7 Å². The minimum Gasteiger partial charge on any atom is -0.494 e. The lowest BCUT2D eigenvalue weighted by atomic mass is 10.2. The molecule has 0 unspecified atom stereocenters. The summed E-state index contributed by atoms with van der Waals surface area (Å²) >= 11 is 11.6. The molecule has 0 saturated heterocycles. The minimum absolute atomic E-state index is 0.121. The van der Waals surface area contributed by atoms with Crippen molar-refractivity contribution in [2.24, 2.45) is 4.99 Å². The highest BCUT2D eigenvalue weighted by Crippen LogP contribution is 2.22. The topological polar surface area (TPSA) is 98.3 Å². The Hall–Kier alpha value is -2.05. The molecular formula is C12H9Cl2N3O3. The van der Waals surface area contributed by atoms with Crippen molar-refractivity contribution in [1.82, 2.24) is 9.97 Å². The highest BCUT2D eigenvalue weighted by molar-refractivity contribution is 6.42. The molecule has 2 aromatic rings. The molecule has 0 bridgehead atoms. The summed E-state index contributed by atoms with van der Waals surface area (Å²) in [6.45, 7) is 0.245. The zero-order chi connectivity index (χ0) is 14.7. The van der Waals surface area contributed by atoms with E-state index in [1.165, 1.54) is 6.21 Å². The lowest BCUT2D eigenvalue weighted by Gasteiger charge is -2.00. The van der Waals surface area contributed by atoms with E-state index in [0.717, 1.165) is 5.56 Å². The quantitative estimate of drug-likeness (QED) is 0.752. The van der Waals surface area contributed by atoms with Gasteiger partial charge in [0.05, 0.1) is 16.6 Å². The fourth-order valence-electron chi connectivity index (χ4n) is 1.48. The zero-order valence-corrected chi connectivity index (χ0v) is 11.5. The number of aromatic amines is 2. The van der Waals surface area contributed by atoms with E-state index >= 15 is 0 Å². The summed E-state index contributed by atoms with van der Waals surface area (Å²) in [6, 6.07) is 5.03. The Balaban J connectivity index is 2.20. The van der Waals surface area contributed by atoms with Crippen LogP contribution in [0.15, 0.2) is 32.8 Å². The van der Waals surface area contributed by atoms with Gasteiger partial charge < -0.3 is 5.11 Å². The van der Waals surface area contributed by atoms with Gasteiger partial charge in [0.25, 0.3) is 5.56 Å². The molecule has 6 nitrogen and oxygen atoms in total. The number of H-pyrrole nitrogens is 2. The second-order valence-electron chi connectivity index (χ2n) is 3.89. The summed E-state index contributed by atoms with van der Waals surface area (Å²) in [7, 11) is 0. The molecule has 8 heteroatoms. The number of hydrogen-bond donors (Lipinski definition) is 3. The fraction of sp³-hybridized carbons (Fsp3) is 0.0833. The average Bonchev–Trinajstić information content (AvgIpc) is 2.36. The third kappa shape index (κ3) is 3.28. The van der Waals surface area contributed by atoms with Gasteiger partial charge in [-0.3, -0.25) is 19.8 Å². The second-order valence-corrected chi connectivity index (χ2v) is 4.70. The minimum atomic E-state index is -0.783. The normalized spacial score (nSPS) is 11.1. The van der Waals surface area contributed by atoms with E-state index < -0.39 is 17.1 Å². The van der Waals surface area contributed by atoms with Crippen LogP contribution in [-0.2, 0) is 6.54 Å². The van der Waals surface area contributed by atoms with Crippen LogP contribution in [0, 0.1) is 0 Å². The van der Waals surface area contributed by atoms with Crippen LogP contribution in [0.4, 0.5) is 0 Å². The number of hydrogen-bond acceptors (Lipinski definition) is 4. The molecule has 0 spiro atoms. The van der Waals surface area contributed by atoms with Crippen LogP contribution in [-0.4, -0.2) is 21.3 Å². The zero-order valence-electron chi connectivity index (χ0n) is 9.98. The molecule has 0 saturated carbocycles. The van der Waals surface area contributed by atoms with Crippen molar-refractivity contribution in [3.8, 4) is 5.88 Å². The van der Waals surface area contributed by atoms with E-state index in [1.54, 1.807) is 18.2 Å². The number of halogens is 2. The molecule has 1 aromatic heterocycles. The molecule has 0 aliphatic rings. The lowest BCUT2D eigenvalue weighted by molar-refractivity contribution is 0.447. The lowest BCUT2D eigenvalue weighted by Crippen LogP contribution is -2.24. The Morgan fingerprint density at radius 3 is 2.60 bits per heavy atom. The van der Waals surface area contributed by atoms with Gasteiger partial charge in [-0.15, -0.1) is 0 Å². The van der Waals surface area contributed by atoms with Crippen molar-refractivity contribution in [1.29, 1.82) is 0 Å². The standard InChI is InChI=1S/C12H9Cl2N3O3/c13-8-2-1-6(3-9(8)14)4-15-5-7-10(18)16-12(20)17-11(7)19/h1-3,5H,4H2,(H3,16,17,18,19,20). The third-order valence-electron chi connectivity index (χ3n) is 2.44. The summed E-state index contributed by atoms with van der Waals surface area (Å²) in [4.78, 5) is 30.4. The first-order chi connectivity index (χ1) is 9.47. The van der Waals surface area contributed by atoms with Gasteiger partial charge in [0, 0.05) is 6.21 Å². The SMILES string of the molecule is O=c1[nH]c(O)c(C=NCc2ccc(Cl)c(Cl)c2)c(=O)[nH]1. The molecule has 20 heavy (non-hydrogen) atoms. The summed E-state index contributed by atoms with van der Waals surface area (Å²) in [5, 5.41) is 10.3. The van der Waals surface area contributed by atoms with Gasteiger partial charge in [0.1, 0.15) is 5.56 Å². The first-order valence-electron chi connectivity index (χ1n) is 5.46. The monoisotopic (exact) mass is 313 g/mol. The van der Waals surface area contributed by atoms with Crippen molar-refractivity contribution >= 4 is 29.4 Å². The number of nitrogens with zero attached hydrogens (tertiary/aromatic N) is 1. The Labute approximate surface area is 122 Å². The number of aromatic hydroxyl groups is 1. The van der Waals surface area contributed by atoms with E-state index in [4.69, 9.17) is 23.2 Å². The highest BCUT2D eigenvalue weighted by atomic mass is 35.5. The van der Waals surface area contributed by atoms with Crippen LogP contribution in [0.1, 0.15) is 11.1 Å². The van der Waals surface area contributed by atoms with Crippen molar-refractivity contribution in [2.75, 3.05) is 0 Å². The van der Waals surface area contributed by atoms with Crippen LogP contribution in [0.5, 0.6) is 5.88 Å². The van der Waals surface area contributed by atoms with Crippen molar-refractivity contribution in [3.63, 3.8) is 0 Å². The summed E-state index contributed by atoms with van der Waals surface area (Å²) < 4.78 is 0. The Kier molecular flexibility index (Phi) is 4.26. The van der Waals surface area contributed by atoms with E-state index in [2.05, 4.69) is 9.98 Å². The molecule has 0 aliphatic carbocycles. The number of rotatable bonds is 3. The maximum absolute atomic E-state index is 11.4. The summed E-state index contributed by atoms with van der Waals surface area (Å²) in [5.41, 5.74) is -0.834. The van der Waals surface area contributed by atoms with Crippen molar-refractivity contribution in [2.45, 2.75) is 6.54 Å². The van der Waals surface area contributed by atoms with Crippen LogP contribution in [0.25, 0.3) is 0 Å². The summed E-state index contributed by atoms with van der Waals surface area (Å²) in [5.74, 6) is -0.531. The molecule has 0 radical (unpaired) electrons. The van der Waals surface area contributed by atoms with E-state index in [0.29, 0.717) is 10.0 Å². The van der Waals surface area contributed by atoms with Gasteiger partial charge in [0.15, 0.2) is 0 Å². The maximum Gasteiger partial charge on any atom is 0.328 e. The molecule has 3 N–H and O–H groups in total. The van der Waals surface area contributed by atoms with Gasteiger partial charge in [0.2, 0.25) is 5.88 Å². The molecular weight excluding hydrogens is 305 g/mol. The molecule has 2 rings (SSSR count). The molecule has 0 amide bonds. The van der Waals surface area contributed by atoms with Gasteiger partial charge in [-0.2, -0.15) is 0 Å². The van der Waals surface area contributed by atoms with E-state index in [1.807, 2.05) is 4.98 Å². The molecule has 0 atom stereocenters. The van der Waals surface area contributed by atoms with Crippen LogP contribution in [0.3, 0.4) is 0 Å². The van der Waals surface area contributed by atoms with Gasteiger partial charge in [-0.25, -0.2) is 4.79 Å². The number of nitrogens with one attached hydrogen (secondary N) is 2. The van der Waals surface area contributed by atoms with Crippen molar-refractivity contribution < 1.29 is 5.11 Å². The molecule has 1 heterocycles. The molecule has 0 fully saturated rings. The van der Waals surface area contributed by atoms with Gasteiger partial charge in [-0.05, 0) is 17.7 Å². The number of aromatic nitrogens is 2. The van der Waals surface area contributed by atoms with E-state index in [-0.39, 0.29) is 12.1 Å². The second kappa shape index (κ2) is 5.94. The van der Waals surface area contributed by atoms with Gasteiger partial charge in [-0.1, -0.05) is 29.3 Å². The Morgan fingerprint density at radius 1 is 1.20 bits per heavy atom. The smallest absolute Gasteiger partial charge is 0.328 e. The summed E-state index contributed by atoms with van der Waals surface area (Å²) in [6.07, 6.45) is 1.17. The Morgan fingerprint density at radius 2 is 1.95 bits per heavy atom. The predicted molar refractivity (Wildman–Crippen MR) is 77.1 cm³/mol. The van der Waals surface area contributed by atoms with Gasteiger partial charge >= 0.3 is 5.69 Å². The average molecular weight is 314 g/mol. The first-order valence-corrected chi connectivity index (χ1v) is 6.22. The third-order valence-corrected chi connectivity index (χ3v) is 3.18. The molecule has 104 valence electrons. The highest BCUT2D eigenvalue weighted by Gasteiger charge is 2.05. The maximum atomic E-state index is 11.4. The Bertz CT molecular complexity index is 780. The van der Waals surface area contributed by atoms with Crippen LogP contribution >= 0.6 is 23.2 Å². The van der Waals surface area contributed by atoms with Crippen molar-refractivity contribution in [3.05, 3.63) is 60.2 Å². The fourth-order valence-corrected chi connectivity index (χ4v) is 1.80. The molecule has 1 aromatic carbocycles. The molecule has 0 aliphatic heterocycles. The predicted octanol–water partition coefficient (Wildman–Crippen LogP) is 1.69. The first kappa shape index (κ1) is 14.4. The largest absolute Gasteiger partial charge is 0.494 e. The van der Waals surface area contributed by atoms with Crippen LogP contribution < -0.4 is 11.2 Å². The number of aliphatic imine (C=N–C) groups is 1. The number of benzene rings is 1.